The van der Waals surface area contributed by atoms with Gasteiger partial charge in [-0.2, -0.15) is 0 Å². The van der Waals surface area contributed by atoms with Gasteiger partial charge in [-0.15, -0.1) is 11.3 Å². The molecule has 0 aliphatic carbocycles. The maximum absolute atomic E-state index is 13.6. The van der Waals surface area contributed by atoms with Crippen LogP contribution in [0.2, 0.25) is 0 Å². The Labute approximate surface area is 289 Å². The van der Waals surface area contributed by atoms with Crippen molar-refractivity contribution in [1.29, 1.82) is 0 Å². The first-order valence-electron chi connectivity index (χ1n) is 16.0. The maximum Gasteiger partial charge on any atom is 0.271 e. The minimum atomic E-state index is -1.02. The maximum atomic E-state index is 13.6. The van der Waals surface area contributed by atoms with Crippen LogP contribution >= 0.6 is 11.3 Å². The second-order valence-electron chi connectivity index (χ2n) is 12.3. The summed E-state index contributed by atoms with van der Waals surface area (Å²) in [5.41, 5.74) is 1.23. The van der Waals surface area contributed by atoms with Gasteiger partial charge >= 0.3 is 0 Å². The Kier molecular flexibility index (Phi) is 12.5. The highest BCUT2D eigenvalue weighted by atomic mass is 32.1. The number of hydrogen-bond donors (Lipinski definition) is 4. The van der Waals surface area contributed by atoms with Gasteiger partial charge in [0.05, 0.1) is 18.2 Å². The number of nitrogens with zero attached hydrogens (tertiary/aromatic N) is 4. The average Bonchev–Trinajstić information content (AvgIpc) is 3.58. The van der Waals surface area contributed by atoms with E-state index in [0.717, 1.165) is 5.56 Å². The lowest BCUT2D eigenvalue weighted by Crippen LogP contribution is -2.57. The molecule has 0 fully saturated rings. The van der Waals surface area contributed by atoms with E-state index >= 15 is 0 Å². The standard InChI is InChI=1S/C34H42N8O6S/c1-20(2)28-31(46)37-22(4)33(47)41(5)14-15-42(34(48)24-12-9-13-35-17-24)18-27(43)38-25(16-23-10-7-6-8-11-23)32-39-26(19-49-32)30(45)36-21(3)29(44)40-28/h6-13,17,19-22,25,28H,14-16,18H2,1-5H3,(H,36,45)(H,37,46)(H,38,43)(H,40,44)/t21-,22+,25-,28-/m0/s1. The lowest BCUT2D eigenvalue weighted by molar-refractivity contribution is -0.136. The highest BCUT2D eigenvalue weighted by Crippen LogP contribution is 2.23. The molecule has 6 amide bonds. The van der Waals surface area contributed by atoms with Crippen molar-refractivity contribution in [3.05, 3.63) is 82.1 Å². The number of carbonyl (C=O) groups excluding carboxylic acids is 6. The van der Waals surface area contributed by atoms with Crippen molar-refractivity contribution in [3.8, 4) is 0 Å². The first-order chi connectivity index (χ1) is 23.3. The Morgan fingerprint density at radius 1 is 0.918 bits per heavy atom. The second-order valence-corrected chi connectivity index (χ2v) is 13.2. The van der Waals surface area contributed by atoms with Gasteiger partial charge in [0.1, 0.15) is 28.8 Å². The molecule has 3 heterocycles. The van der Waals surface area contributed by atoms with E-state index in [0.29, 0.717) is 11.4 Å². The topological polar surface area (TPSA) is 183 Å². The molecule has 1 aromatic carbocycles. The molecule has 0 unspecified atom stereocenters. The predicted octanol–water partition coefficient (Wildman–Crippen LogP) is 1.32. The molecule has 2 bridgehead atoms. The van der Waals surface area contributed by atoms with E-state index in [9.17, 15) is 28.8 Å². The van der Waals surface area contributed by atoms with E-state index < -0.39 is 59.6 Å². The molecule has 0 radical (unpaired) electrons. The number of thiazole rings is 1. The summed E-state index contributed by atoms with van der Waals surface area (Å²) in [7, 11) is 1.54. The molecule has 4 atom stereocenters. The third kappa shape index (κ3) is 9.92. The number of amides is 6. The fraction of sp³-hybridized carbons (Fsp3) is 0.412. The zero-order valence-corrected chi connectivity index (χ0v) is 29.0. The first-order valence-corrected chi connectivity index (χ1v) is 16.9. The summed E-state index contributed by atoms with van der Waals surface area (Å²) < 4.78 is 0. The van der Waals surface area contributed by atoms with Crippen molar-refractivity contribution in [3.63, 3.8) is 0 Å². The number of fused-ring (bicyclic) bond motifs is 2. The van der Waals surface area contributed by atoms with Gasteiger partial charge < -0.3 is 31.1 Å². The van der Waals surface area contributed by atoms with Gasteiger partial charge in [0, 0.05) is 37.9 Å². The third-order valence-corrected chi connectivity index (χ3v) is 8.96. The normalized spacial score (nSPS) is 22.0. The zero-order valence-electron chi connectivity index (χ0n) is 28.1. The highest BCUT2D eigenvalue weighted by Gasteiger charge is 2.31. The van der Waals surface area contributed by atoms with Crippen LogP contribution in [0.4, 0.5) is 0 Å². The molecule has 49 heavy (non-hydrogen) atoms. The van der Waals surface area contributed by atoms with E-state index in [-0.39, 0.29) is 36.8 Å². The number of benzene rings is 1. The van der Waals surface area contributed by atoms with Gasteiger partial charge in [-0.1, -0.05) is 44.2 Å². The van der Waals surface area contributed by atoms with Gasteiger partial charge in [-0.3, -0.25) is 33.8 Å². The molecule has 0 saturated carbocycles. The van der Waals surface area contributed by atoms with Crippen LogP contribution in [0.25, 0.3) is 0 Å². The van der Waals surface area contributed by atoms with Crippen LogP contribution in [0, 0.1) is 5.92 Å². The first kappa shape index (κ1) is 36.7. The van der Waals surface area contributed by atoms with Gasteiger partial charge in [-0.25, -0.2) is 4.98 Å². The van der Waals surface area contributed by atoms with Crippen molar-refractivity contribution in [2.24, 2.45) is 5.92 Å². The molecule has 2 aromatic heterocycles. The monoisotopic (exact) mass is 690 g/mol. The Morgan fingerprint density at radius 3 is 2.33 bits per heavy atom. The Balaban J connectivity index is 1.68. The largest absolute Gasteiger partial charge is 0.345 e. The van der Waals surface area contributed by atoms with Crippen LogP contribution in [0.15, 0.2) is 60.2 Å². The minimum Gasteiger partial charge on any atom is -0.345 e. The van der Waals surface area contributed by atoms with E-state index in [4.69, 9.17) is 0 Å². The summed E-state index contributed by atoms with van der Waals surface area (Å²) in [6.07, 6.45) is 3.28. The minimum absolute atomic E-state index is 0.00244. The predicted molar refractivity (Wildman–Crippen MR) is 182 cm³/mol. The van der Waals surface area contributed by atoms with E-state index in [2.05, 4.69) is 31.2 Å². The number of hydrogen-bond acceptors (Lipinski definition) is 9. The summed E-state index contributed by atoms with van der Waals surface area (Å²) in [5, 5.41) is 12.9. The van der Waals surface area contributed by atoms with Crippen molar-refractivity contribution in [1.82, 2.24) is 41.0 Å². The van der Waals surface area contributed by atoms with Crippen LogP contribution < -0.4 is 21.3 Å². The lowest BCUT2D eigenvalue weighted by Gasteiger charge is -2.29. The smallest absolute Gasteiger partial charge is 0.271 e. The van der Waals surface area contributed by atoms with Crippen molar-refractivity contribution in [2.75, 3.05) is 26.7 Å². The summed E-state index contributed by atoms with van der Waals surface area (Å²) in [5.74, 6) is -3.48. The molecule has 4 rings (SSSR count). The number of aromatic nitrogens is 2. The number of pyridine rings is 1. The SMILES string of the molecule is CC(C)[C@@H]1NC(=O)[C@H](C)NC(=O)c2csc(n2)[C@H](Cc2ccccc2)NC(=O)CN(C(=O)c2cccnc2)CCN(C)C(=O)[C@@H](C)NC1=O. The van der Waals surface area contributed by atoms with Gasteiger partial charge in [0.25, 0.3) is 11.8 Å². The quantitative estimate of drug-likeness (QED) is 0.316. The van der Waals surface area contributed by atoms with Crippen molar-refractivity contribution >= 4 is 46.8 Å². The van der Waals surface area contributed by atoms with Crippen LogP contribution in [0.3, 0.4) is 0 Å². The molecule has 3 aromatic rings. The number of rotatable bonds is 4. The van der Waals surface area contributed by atoms with E-state index in [1.165, 1.54) is 54.4 Å². The number of nitrogens with one attached hydrogen (secondary N) is 4. The Hall–Kier alpha value is -5.18. The lowest BCUT2D eigenvalue weighted by atomic mass is 10.0. The molecule has 0 spiro atoms. The van der Waals surface area contributed by atoms with E-state index in [1.54, 1.807) is 31.4 Å². The molecule has 4 N–H and O–H groups in total. The fourth-order valence-corrected chi connectivity index (χ4v) is 6.01. The van der Waals surface area contributed by atoms with Crippen LogP contribution in [-0.4, -0.2) is 100 Å². The Bertz CT molecular complexity index is 1650. The molecule has 0 saturated heterocycles. The van der Waals surface area contributed by atoms with Gasteiger partial charge in [0.2, 0.25) is 23.6 Å². The van der Waals surface area contributed by atoms with Crippen molar-refractivity contribution in [2.45, 2.75) is 58.3 Å². The summed E-state index contributed by atoms with van der Waals surface area (Å²) in [4.78, 5) is 91.3. The average molecular weight is 691 g/mol. The van der Waals surface area contributed by atoms with Crippen LogP contribution in [0.5, 0.6) is 0 Å². The molecular formula is C34H42N8O6S. The fourth-order valence-electron chi connectivity index (χ4n) is 5.17. The molecule has 15 heteroatoms. The molecule has 1 aliphatic heterocycles. The summed E-state index contributed by atoms with van der Waals surface area (Å²) in [6.45, 7) is 6.22. The summed E-state index contributed by atoms with van der Waals surface area (Å²) >= 11 is 1.18. The molecule has 1 aliphatic rings. The highest BCUT2D eigenvalue weighted by molar-refractivity contribution is 7.09. The second kappa shape index (κ2) is 16.8. The molecule has 260 valence electrons. The Morgan fingerprint density at radius 2 is 1.65 bits per heavy atom. The molecular weight excluding hydrogens is 648 g/mol. The number of likely N-dealkylation sites (N-methyl/N-ethyl adjacent to an activating group) is 1. The molecule has 14 nitrogen and oxygen atoms in total. The van der Waals surface area contributed by atoms with Crippen LogP contribution in [0.1, 0.15) is 65.2 Å². The third-order valence-electron chi connectivity index (χ3n) is 8.00. The van der Waals surface area contributed by atoms with E-state index in [1.807, 2.05) is 30.3 Å². The summed E-state index contributed by atoms with van der Waals surface area (Å²) in [6, 6.07) is 9.01. The number of carbonyl (C=O) groups is 6. The zero-order chi connectivity index (χ0) is 35.7. The van der Waals surface area contributed by atoms with Gasteiger partial charge in [0.15, 0.2) is 0 Å². The van der Waals surface area contributed by atoms with Gasteiger partial charge in [-0.05, 0) is 43.9 Å². The van der Waals surface area contributed by atoms with Crippen molar-refractivity contribution < 1.29 is 28.8 Å². The van der Waals surface area contributed by atoms with Crippen LogP contribution in [-0.2, 0) is 25.6 Å².